The lowest BCUT2D eigenvalue weighted by atomic mass is 10.1. The second-order valence-electron chi connectivity index (χ2n) is 6.12. The molecule has 1 aliphatic rings. The van der Waals surface area contributed by atoms with Crippen LogP contribution in [-0.2, 0) is 14.3 Å². The van der Waals surface area contributed by atoms with Crippen molar-refractivity contribution in [1.82, 2.24) is 10.6 Å². The van der Waals surface area contributed by atoms with Crippen LogP contribution in [0.3, 0.4) is 0 Å². The number of carboxylic acids is 1. The van der Waals surface area contributed by atoms with E-state index in [0.717, 1.165) is 25.9 Å². The number of amides is 2. The first-order chi connectivity index (χ1) is 13.0. The lowest BCUT2D eigenvalue weighted by molar-refractivity contribution is -0.136. The first-order valence-corrected chi connectivity index (χ1v) is 8.80. The average molecular weight is 379 g/mol. The van der Waals surface area contributed by atoms with Crippen molar-refractivity contribution in [2.45, 2.75) is 25.4 Å². The number of rotatable bonds is 9. The second-order valence-corrected chi connectivity index (χ2v) is 6.12. The van der Waals surface area contributed by atoms with Crippen molar-refractivity contribution in [2.75, 3.05) is 38.7 Å². The van der Waals surface area contributed by atoms with Gasteiger partial charge in [0.05, 0.1) is 25.3 Å². The SMILES string of the molecule is COc1ccc(C(=O)NCCC(=O)O)cc1NC(=O)COC1CCNCC1. The third kappa shape index (κ3) is 6.87. The van der Waals surface area contributed by atoms with Crippen LogP contribution in [0.5, 0.6) is 5.75 Å². The summed E-state index contributed by atoms with van der Waals surface area (Å²) in [6, 6.07) is 4.59. The topological polar surface area (TPSA) is 126 Å². The summed E-state index contributed by atoms with van der Waals surface area (Å²) in [5.41, 5.74) is 0.637. The van der Waals surface area contributed by atoms with E-state index in [0.29, 0.717) is 11.4 Å². The normalized spacial score (nSPS) is 14.4. The van der Waals surface area contributed by atoms with Gasteiger partial charge in [-0.05, 0) is 44.1 Å². The van der Waals surface area contributed by atoms with Gasteiger partial charge in [0.2, 0.25) is 5.91 Å². The van der Waals surface area contributed by atoms with Gasteiger partial charge in [-0.25, -0.2) is 0 Å². The Kier molecular flexibility index (Phi) is 8.02. The molecule has 9 heteroatoms. The molecule has 1 saturated heterocycles. The molecule has 0 aromatic heterocycles. The number of nitrogens with one attached hydrogen (secondary N) is 3. The van der Waals surface area contributed by atoms with Crippen LogP contribution in [0.1, 0.15) is 29.6 Å². The van der Waals surface area contributed by atoms with Gasteiger partial charge in [-0.1, -0.05) is 0 Å². The van der Waals surface area contributed by atoms with Gasteiger partial charge < -0.3 is 30.5 Å². The smallest absolute Gasteiger partial charge is 0.305 e. The van der Waals surface area contributed by atoms with Crippen LogP contribution >= 0.6 is 0 Å². The number of methoxy groups -OCH3 is 1. The second kappa shape index (κ2) is 10.5. The molecule has 27 heavy (non-hydrogen) atoms. The highest BCUT2D eigenvalue weighted by molar-refractivity contribution is 5.98. The fourth-order valence-electron chi connectivity index (χ4n) is 2.67. The largest absolute Gasteiger partial charge is 0.495 e. The first-order valence-electron chi connectivity index (χ1n) is 8.80. The summed E-state index contributed by atoms with van der Waals surface area (Å²) in [5.74, 6) is -1.35. The molecule has 1 aromatic carbocycles. The number of benzene rings is 1. The van der Waals surface area contributed by atoms with Gasteiger partial charge in [-0.3, -0.25) is 14.4 Å². The van der Waals surface area contributed by atoms with Gasteiger partial charge >= 0.3 is 5.97 Å². The summed E-state index contributed by atoms with van der Waals surface area (Å²) >= 11 is 0. The number of carboxylic acid groups (broad SMARTS) is 1. The molecule has 4 N–H and O–H groups in total. The molecule has 148 valence electrons. The van der Waals surface area contributed by atoms with E-state index in [1.54, 1.807) is 6.07 Å². The molecule has 1 aromatic rings. The minimum Gasteiger partial charge on any atom is -0.495 e. The Bertz CT molecular complexity index is 673. The predicted octanol–water partition coefficient (Wildman–Crippen LogP) is 0.607. The Morgan fingerprint density at radius 3 is 2.67 bits per heavy atom. The number of carbonyl (C=O) groups excluding carboxylic acids is 2. The fraction of sp³-hybridized carbons (Fsp3) is 0.500. The van der Waals surface area contributed by atoms with Gasteiger partial charge in [-0.15, -0.1) is 0 Å². The number of hydrogen-bond acceptors (Lipinski definition) is 6. The summed E-state index contributed by atoms with van der Waals surface area (Å²) < 4.78 is 10.8. The van der Waals surface area contributed by atoms with Gasteiger partial charge in [0.25, 0.3) is 5.91 Å². The van der Waals surface area contributed by atoms with E-state index in [1.165, 1.54) is 19.2 Å². The van der Waals surface area contributed by atoms with Crippen LogP contribution < -0.4 is 20.7 Å². The molecule has 1 fully saturated rings. The molecule has 0 spiro atoms. The molecule has 1 heterocycles. The molecule has 0 radical (unpaired) electrons. The van der Waals surface area contributed by atoms with Gasteiger partial charge in [0.15, 0.2) is 0 Å². The zero-order valence-corrected chi connectivity index (χ0v) is 15.2. The van der Waals surface area contributed by atoms with Crippen molar-refractivity contribution in [3.8, 4) is 5.75 Å². The summed E-state index contributed by atoms with van der Waals surface area (Å²) in [6.07, 6.45) is 1.62. The van der Waals surface area contributed by atoms with Crippen molar-refractivity contribution < 1.29 is 29.0 Å². The number of hydrogen-bond donors (Lipinski definition) is 4. The first kappa shape index (κ1) is 20.7. The highest BCUT2D eigenvalue weighted by atomic mass is 16.5. The summed E-state index contributed by atoms with van der Waals surface area (Å²) in [7, 11) is 1.46. The summed E-state index contributed by atoms with van der Waals surface area (Å²) in [4.78, 5) is 34.8. The van der Waals surface area contributed by atoms with E-state index in [4.69, 9.17) is 14.6 Å². The third-order valence-electron chi connectivity index (χ3n) is 4.10. The van der Waals surface area contributed by atoms with Crippen molar-refractivity contribution in [3.63, 3.8) is 0 Å². The Hall–Kier alpha value is -2.65. The predicted molar refractivity (Wildman–Crippen MR) is 98.1 cm³/mol. The molecule has 2 amide bonds. The number of piperidine rings is 1. The van der Waals surface area contributed by atoms with Crippen molar-refractivity contribution in [2.24, 2.45) is 0 Å². The molecule has 1 aliphatic heterocycles. The quantitative estimate of drug-likeness (QED) is 0.495. The Labute approximate surface area is 157 Å². The maximum atomic E-state index is 12.2. The Morgan fingerprint density at radius 1 is 1.26 bits per heavy atom. The lowest BCUT2D eigenvalue weighted by Gasteiger charge is -2.22. The number of carbonyl (C=O) groups is 3. The minimum atomic E-state index is -0.994. The highest BCUT2D eigenvalue weighted by Crippen LogP contribution is 2.25. The molecule has 0 bridgehead atoms. The van der Waals surface area contributed by atoms with E-state index in [9.17, 15) is 14.4 Å². The zero-order chi connectivity index (χ0) is 19.6. The Morgan fingerprint density at radius 2 is 2.00 bits per heavy atom. The van der Waals surface area contributed by atoms with E-state index in [-0.39, 0.29) is 37.1 Å². The van der Waals surface area contributed by atoms with Crippen LogP contribution in [0, 0.1) is 0 Å². The van der Waals surface area contributed by atoms with E-state index < -0.39 is 11.9 Å². The maximum absolute atomic E-state index is 12.2. The summed E-state index contributed by atoms with van der Waals surface area (Å²) in [6.45, 7) is 1.69. The maximum Gasteiger partial charge on any atom is 0.305 e. The standard InChI is InChI=1S/C18H25N3O6/c1-26-15-3-2-12(18(25)20-9-6-17(23)24)10-14(15)21-16(22)11-27-13-4-7-19-8-5-13/h2-3,10,13,19H,4-9,11H2,1H3,(H,20,25)(H,21,22)(H,23,24). The molecular weight excluding hydrogens is 354 g/mol. The summed E-state index contributed by atoms with van der Waals surface area (Å²) in [5, 5.41) is 17.1. The molecule has 0 atom stereocenters. The lowest BCUT2D eigenvalue weighted by Crippen LogP contribution is -2.34. The highest BCUT2D eigenvalue weighted by Gasteiger charge is 2.16. The Balaban J connectivity index is 1.94. The van der Waals surface area contributed by atoms with Crippen LogP contribution in [0.25, 0.3) is 0 Å². The van der Waals surface area contributed by atoms with Gasteiger partial charge in [0, 0.05) is 12.1 Å². The third-order valence-corrected chi connectivity index (χ3v) is 4.10. The minimum absolute atomic E-state index is 0.0198. The molecule has 0 aliphatic carbocycles. The average Bonchev–Trinajstić information content (AvgIpc) is 2.66. The fourth-order valence-corrected chi connectivity index (χ4v) is 2.67. The van der Waals surface area contributed by atoms with Crippen molar-refractivity contribution >= 4 is 23.5 Å². The van der Waals surface area contributed by atoms with Crippen molar-refractivity contribution in [1.29, 1.82) is 0 Å². The van der Waals surface area contributed by atoms with E-state index in [1.807, 2.05) is 0 Å². The van der Waals surface area contributed by atoms with E-state index >= 15 is 0 Å². The molecule has 2 rings (SSSR count). The number of ether oxygens (including phenoxy) is 2. The number of aliphatic carboxylic acids is 1. The van der Waals surface area contributed by atoms with Crippen LogP contribution in [0.15, 0.2) is 18.2 Å². The van der Waals surface area contributed by atoms with Crippen LogP contribution in [-0.4, -0.2) is 62.3 Å². The van der Waals surface area contributed by atoms with Crippen molar-refractivity contribution in [3.05, 3.63) is 23.8 Å². The van der Waals surface area contributed by atoms with Crippen LogP contribution in [0.4, 0.5) is 5.69 Å². The van der Waals surface area contributed by atoms with Gasteiger partial charge in [0.1, 0.15) is 12.4 Å². The molecule has 9 nitrogen and oxygen atoms in total. The number of anilines is 1. The van der Waals surface area contributed by atoms with Crippen LogP contribution in [0.2, 0.25) is 0 Å². The zero-order valence-electron chi connectivity index (χ0n) is 15.2. The van der Waals surface area contributed by atoms with Gasteiger partial charge in [-0.2, -0.15) is 0 Å². The van der Waals surface area contributed by atoms with E-state index in [2.05, 4.69) is 16.0 Å². The molecule has 0 unspecified atom stereocenters. The molecule has 0 saturated carbocycles. The molecular formula is C18H25N3O6. The monoisotopic (exact) mass is 379 g/mol.